The Morgan fingerprint density at radius 1 is 1.00 bits per heavy atom. The predicted molar refractivity (Wildman–Crippen MR) is 119 cm³/mol. The Morgan fingerprint density at radius 3 is 2.39 bits per heavy atom. The van der Waals surface area contributed by atoms with Gasteiger partial charge >= 0.3 is 0 Å². The number of thiocarbonyl (C=S) groups is 1. The van der Waals surface area contributed by atoms with Crippen LogP contribution in [0.1, 0.15) is 5.56 Å². The fourth-order valence-electron chi connectivity index (χ4n) is 3.13. The first-order valence-electron chi connectivity index (χ1n) is 9.45. The van der Waals surface area contributed by atoms with E-state index in [0.29, 0.717) is 17.3 Å². The molecule has 0 radical (unpaired) electrons. The lowest BCUT2D eigenvalue weighted by molar-refractivity contribution is -0.117. The highest BCUT2D eigenvalue weighted by Gasteiger charge is 2.20. The number of hydrogen-bond donors (Lipinski definition) is 2. The Labute approximate surface area is 176 Å². The maximum Gasteiger partial charge on any atom is 0.238 e. The van der Waals surface area contributed by atoms with E-state index in [1.54, 1.807) is 12.1 Å². The van der Waals surface area contributed by atoms with Crippen LogP contribution in [-0.2, 0) is 11.2 Å². The largest absolute Gasteiger partial charge is 0.362 e. The van der Waals surface area contributed by atoms with Gasteiger partial charge in [0.1, 0.15) is 0 Å². The second-order valence-corrected chi connectivity index (χ2v) is 7.55. The van der Waals surface area contributed by atoms with E-state index in [0.717, 1.165) is 44.3 Å². The minimum absolute atomic E-state index is 0.0508. The summed E-state index contributed by atoms with van der Waals surface area (Å²) in [6.45, 7) is 4.41. The number of nitrogens with zero attached hydrogens (tertiary/aromatic N) is 2. The van der Waals surface area contributed by atoms with Crippen LogP contribution in [-0.4, -0.2) is 60.1 Å². The standard InChI is InChI=1S/C21H25ClN4OS/c22-18-8-4-5-9-19(18)24-20(27)16-25-12-14-26(15-13-25)21(28)23-11-10-17-6-2-1-3-7-17/h1-9H,10-16H2,(H,23,28)(H,24,27). The number of benzene rings is 2. The summed E-state index contributed by atoms with van der Waals surface area (Å²) in [5.41, 5.74) is 1.95. The summed E-state index contributed by atoms with van der Waals surface area (Å²) in [5, 5.41) is 7.55. The highest BCUT2D eigenvalue weighted by Crippen LogP contribution is 2.20. The first-order chi connectivity index (χ1) is 13.6. The molecule has 1 fully saturated rings. The first-order valence-corrected chi connectivity index (χ1v) is 10.2. The minimum Gasteiger partial charge on any atom is -0.362 e. The van der Waals surface area contributed by atoms with Gasteiger partial charge in [-0.25, -0.2) is 0 Å². The van der Waals surface area contributed by atoms with Gasteiger partial charge in [0.25, 0.3) is 0 Å². The SMILES string of the molecule is O=C(CN1CCN(C(=S)NCCc2ccccc2)CC1)Nc1ccccc1Cl. The molecule has 148 valence electrons. The van der Waals surface area contributed by atoms with E-state index in [-0.39, 0.29) is 5.91 Å². The Hall–Kier alpha value is -2.15. The number of carbonyl (C=O) groups excluding carboxylic acids is 1. The topological polar surface area (TPSA) is 47.6 Å². The van der Waals surface area contributed by atoms with Crippen molar-refractivity contribution in [3.05, 3.63) is 65.2 Å². The van der Waals surface area contributed by atoms with E-state index < -0.39 is 0 Å². The van der Waals surface area contributed by atoms with Crippen LogP contribution in [0.2, 0.25) is 5.02 Å². The molecule has 0 unspecified atom stereocenters. The maximum absolute atomic E-state index is 12.3. The van der Waals surface area contributed by atoms with Crippen molar-refractivity contribution in [2.75, 3.05) is 44.6 Å². The van der Waals surface area contributed by atoms with Gasteiger partial charge in [-0.15, -0.1) is 0 Å². The van der Waals surface area contributed by atoms with E-state index in [4.69, 9.17) is 23.8 Å². The lowest BCUT2D eigenvalue weighted by Crippen LogP contribution is -2.53. The van der Waals surface area contributed by atoms with Crippen molar-refractivity contribution < 1.29 is 4.79 Å². The second kappa shape index (κ2) is 10.4. The van der Waals surface area contributed by atoms with Crippen LogP contribution in [0.15, 0.2) is 54.6 Å². The third kappa shape index (κ3) is 6.19. The Morgan fingerprint density at radius 2 is 1.68 bits per heavy atom. The van der Waals surface area contributed by atoms with Crippen molar-refractivity contribution >= 4 is 40.5 Å². The van der Waals surface area contributed by atoms with Gasteiger partial charge in [0.05, 0.1) is 17.3 Å². The van der Waals surface area contributed by atoms with E-state index in [1.165, 1.54) is 5.56 Å². The summed E-state index contributed by atoms with van der Waals surface area (Å²) in [7, 11) is 0. The van der Waals surface area contributed by atoms with Gasteiger partial charge in [0, 0.05) is 32.7 Å². The molecular formula is C21H25ClN4OS. The molecule has 0 spiro atoms. The molecule has 2 aromatic rings. The number of carbonyl (C=O) groups is 1. The zero-order chi connectivity index (χ0) is 19.8. The van der Waals surface area contributed by atoms with Crippen molar-refractivity contribution in [2.24, 2.45) is 0 Å². The molecule has 28 heavy (non-hydrogen) atoms. The molecule has 1 saturated heterocycles. The number of rotatable bonds is 6. The Kier molecular flexibility index (Phi) is 7.65. The molecule has 3 rings (SSSR count). The summed E-state index contributed by atoms with van der Waals surface area (Å²) in [5.74, 6) is -0.0508. The van der Waals surface area contributed by atoms with Gasteiger partial charge in [0.15, 0.2) is 5.11 Å². The highest BCUT2D eigenvalue weighted by molar-refractivity contribution is 7.80. The molecule has 2 N–H and O–H groups in total. The Balaban J connectivity index is 1.36. The van der Waals surface area contributed by atoms with Crippen LogP contribution >= 0.6 is 23.8 Å². The number of piperazine rings is 1. The van der Waals surface area contributed by atoms with Crippen molar-refractivity contribution in [3.8, 4) is 0 Å². The number of nitrogens with one attached hydrogen (secondary N) is 2. The van der Waals surface area contributed by atoms with Gasteiger partial charge in [0.2, 0.25) is 5.91 Å². The molecule has 1 aliphatic heterocycles. The summed E-state index contributed by atoms with van der Waals surface area (Å²) >= 11 is 11.6. The quantitative estimate of drug-likeness (QED) is 0.709. The molecule has 0 atom stereocenters. The third-order valence-corrected chi connectivity index (χ3v) is 5.44. The number of halogens is 1. The molecule has 5 nitrogen and oxygen atoms in total. The van der Waals surface area contributed by atoms with Crippen LogP contribution in [0, 0.1) is 0 Å². The van der Waals surface area contributed by atoms with Crippen LogP contribution in [0.4, 0.5) is 5.69 Å². The minimum atomic E-state index is -0.0508. The lowest BCUT2D eigenvalue weighted by Gasteiger charge is -2.35. The Bertz CT molecular complexity index is 794. The molecule has 1 amide bonds. The molecule has 1 aliphatic rings. The van der Waals surface area contributed by atoms with Gasteiger partial charge in [-0.3, -0.25) is 9.69 Å². The smallest absolute Gasteiger partial charge is 0.238 e. The van der Waals surface area contributed by atoms with Crippen LogP contribution in [0.3, 0.4) is 0 Å². The van der Waals surface area contributed by atoms with Gasteiger partial charge in [-0.05, 0) is 36.3 Å². The van der Waals surface area contributed by atoms with Crippen molar-refractivity contribution in [3.63, 3.8) is 0 Å². The lowest BCUT2D eigenvalue weighted by atomic mass is 10.1. The van der Waals surface area contributed by atoms with Crippen molar-refractivity contribution in [2.45, 2.75) is 6.42 Å². The molecular weight excluding hydrogens is 392 g/mol. The average Bonchev–Trinajstić information content (AvgIpc) is 2.71. The van der Waals surface area contributed by atoms with Crippen LogP contribution in [0.25, 0.3) is 0 Å². The van der Waals surface area contributed by atoms with Gasteiger partial charge < -0.3 is 15.5 Å². The van der Waals surface area contributed by atoms with E-state index in [2.05, 4.69) is 44.7 Å². The normalized spacial score (nSPS) is 14.5. The van der Waals surface area contributed by atoms with Crippen molar-refractivity contribution in [1.82, 2.24) is 15.1 Å². The average molecular weight is 417 g/mol. The molecule has 7 heteroatoms. The van der Waals surface area contributed by atoms with Crippen molar-refractivity contribution in [1.29, 1.82) is 0 Å². The predicted octanol–water partition coefficient (Wildman–Crippen LogP) is 3.01. The summed E-state index contributed by atoms with van der Waals surface area (Å²) in [6.07, 6.45) is 0.948. The highest BCUT2D eigenvalue weighted by atomic mass is 35.5. The molecule has 2 aromatic carbocycles. The first kappa shape index (κ1) is 20.6. The zero-order valence-corrected chi connectivity index (χ0v) is 17.3. The van der Waals surface area contributed by atoms with E-state index >= 15 is 0 Å². The third-order valence-electron chi connectivity index (χ3n) is 4.71. The maximum atomic E-state index is 12.3. The molecule has 0 bridgehead atoms. The summed E-state index contributed by atoms with van der Waals surface area (Å²) in [6, 6.07) is 17.6. The number of amides is 1. The fraction of sp³-hybridized carbons (Fsp3) is 0.333. The molecule has 0 aromatic heterocycles. The monoisotopic (exact) mass is 416 g/mol. The van der Waals surface area contributed by atoms with Crippen LogP contribution < -0.4 is 10.6 Å². The molecule has 0 aliphatic carbocycles. The van der Waals surface area contributed by atoms with E-state index in [9.17, 15) is 4.79 Å². The van der Waals surface area contributed by atoms with Gasteiger partial charge in [-0.2, -0.15) is 0 Å². The van der Waals surface area contributed by atoms with Crippen LogP contribution in [0.5, 0.6) is 0 Å². The number of para-hydroxylation sites is 1. The van der Waals surface area contributed by atoms with E-state index in [1.807, 2.05) is 18.2 Å². The number of anilines is 1. The fourth-order valence-corrected chi connectivity index (χ4v) is 3.60. The molecule has 1 heterocycles. The summed E-state index contributed by atoms with van der Waals surface area (Å²) < 4.78 is 0. The van der Waals surface area contributed by atoms with Gasteiger partial charge in [-0.1, -0.05) is 54.1 Å². The summed E-state index contributed by atoms with van der Waals surface area (Å²) in [4.78, 5) is 16.6. The second-order valence-electron chi connectivity index (χ2n) is 6.76. The number of hydrogen-bond acceptors (Lipinski definition) is 3. The molecule has 0 saturated carbocycles. The zero-order valence-electron chi connectivity index (χ0n) is 15.7.